The van der Waals surface area contributed by atoms with Gasteiger partial charge in [0.05, 0.1) is 67.6 Å². The molecule has 3 fully saturated rings. The number of halogens is 1. The Morgan fingerprint density at radius 1 is 0.870 bits per heavy atom. The molecule has 368 valence electrons. The lowest BCUT2D eigenvalue weighted by Gasteiger charge is -2.36. The van der Waals surface area contributed by atoms with Crippen molar-refractivity contribution in [2.45, 2.75) is 108 Å². The molecule has 0 radical (unpaired) electrons. The minimum atomic E-state index is -0.179. The summed E-state index contributed by atoms with van der Waals surface area (Å²) < 4.78 is 31.3. The minimum absolute atomic E-state index is 0.0275. The predicted octanol–water partition coefficient (Wildman–Crippen LogP) is 6.57. The van der Waals surface area contributed by atoms with E-state index in [2.05, 4.69) is 59.5 Å². The summed E-state index contributed by atoms with van der Waals surface area (Å²) in [5, 5.41) is 30.5. The molecule has 8 rings (SSSR count). The van der Waals surface area contributed by atoms with Gasteiger partial charge in [-0.3, -0.25) is 4.79 Å². The smallest absolute Gasteiger partial charge is 0.254 e. The number of hydrogen-bond acceptors (Lipinski definition) is 16. The Bertz CT molecular complexity index is 2440. The van der Waals surface area contributed by atoms with Crippen LogP contribution in [0.4, 0.5) is 17.6 Å². The van der Waals surface area contributed by atoms with Gasteiger partial charge >= 0.3 is 0 Å². The number of ether oxygens (including phenoxy) is 5. The van der Waals surface area contributed by atoms with Crippen molar-refractivity contribution in [3.8, 4) is 17.7 Å². The van der Waals surface area contributed by atoms with E-state index >= 15 is 0 Å². The molecule has 1 atom stereocenters. The Morgan fingerprint density at radius 2 is 1.65 bits per heavy atom. The molecule has 1 saturated carbocycles. The quantitative estimate of drug-likeness (QED) is 0.0592. The molecule has 18 nitrogen and oxygen atoms in total. The van der Waals surface area contributed by atoms with Gasteiger partial charge in [-0.2, -0.15) is 14.9 Å². The monoisotopic (exact) mass is 965 g/mol. The van der Waals surface area contributed by atoms with Gasteiger partial charge in [0.25, 0.3) is 5.91 Å². The van der Waals surface area contributed by atoms with Crippen molar-refractivity contribution in [1.29, 1.82) is 5.26 Å². The first-order valence-electron chi connectivity index (χ1n) is 24.4. The Labute approximate surface area is 408 Å². The number of hydrogen-bond donors (Lipinski definition) is 3. The van der Waals surface area contributed by atoms with Crippen LogP contribution in [-0.4, -0.2) is 131 Å². The molecule has 0 spiro atoms. The van der Waals surface area contributed by atoms with E-state index in [4.69, 9.17) is 45.5 Å². The van der Waals surface area contributed by atoms with Gasteiger partial charge in [-0.25, -0.2) is 19.9 Å². The first kappa shape index (κ1) is 49.6. The largest absolute Gasteiger partial charge is 0.490 e. The number of aliphatic hydroxyl groups excluding tert-OH is 1. The number of piperidine rings is 2. The van der Waals surface area contributed by atoms with Crippen LogP contribution in [0.3, 0.4) is 0 Å². The van der Waals surface area contributed by atoms with E-state index in [9.17, 15) is 9.90 Å². The standard InChI is InChI=1S/C50H64ClN11O7/c1-2-36-34-57-62-45(28-46(59-48(36)62)61-17-4-3-5-40(61)16-20-63)53-30-35-6-13-47(54-31-35)68-26-24-66-22-21-65-23-25-67-41-14-18-60(19-15-41)50-55-32-38(33-56-50)49(64)58-39-8-11-42(12-9-39)69-43-10-7-37(29-52)44(51)27-43/h6-7,10,13,27-28,31-34,39-42,53,63H,2-5,8-9,11-12,14-26,30H2,1H3,(H,58,64)/t39?,40-,42?/m0/s1. The zero-order valence-electron chi connectivity index (χ0n) is 39.4. The number of nitrogens with one attached hydrogen (secondary N) is 2. The SMILES string of the molecule is CCc1cnn2c(NCc3ccc(OCCOCCOCCOC4CCN(c5ncc(C(=O)NC6CCC(Oc7ccc(C#N)c(Cl)c7)CC6)cn5)CC4)nc3)cc(N3CCCC[C@H]3CCO)nc12. The number of nitrogens with zero attached hydrogens (tertiary/aromatic N) is 9. The van der Waals surface area contributed by atoms with Gasteiger partial charge in [-0.05, 0) is 88.3 Å². The first-order valence-corrected chi connectivity index (χ1v) is 24.8. The number of rotatable bonds is 23. The van der Waals surface area contributed by atoms with Crippen LogP contribution < -0.4 is 29.9 Å². The van der Waals surface area contributed by atoms with Gasteiger partial charge in [0.15, 0.2) is 5.65 Å². The van der Waals surface area contributed by atoms with Crippen molar-refractivity contribution in [2.24, 2.45) is 0 Å². The molecular weight excluding hydrogens is 902 g/mol. The summed E-state index contributed by atoms with van der Waals surface area (Å²) in [7, 11) is 0. The second-order valence-corrected chi connectivity index (χ2v) is 18.1. The molecule has 3 aliphatic rings. The van der Waals surface area contributed by atoms with E-state index in [1.54, 1.807) is 30.6 Å². The van der Waals surface area contributed by atoms with E-state index in [1.165, 1.54) is 6.42 Å². The summed E-state index contributed by atoms with van der Waals surface area (Å²) in [6.45, 7) is 7.99. The van der Waals surface area contributed by atoms with Gasteiger partial charge in [-0.15, -0.1) is 0 Å². The third-order valence-electron chi connectivity index (χ3n) is 13.0. The molecule has 2 aliphatic heterocycles. The van der Waals surface area contributed by atoms with E-state index in [0.29, 0.717) is 79.9 Å². The maximum atomic E-state index is 13.0. The van der Waals surface area contributed by atoms with Crippen LogP contribution in [0.15, 0.2) is 61.2 Å². The second kappa shape index (κ2) is 25.1. The topological polar surface area (TPSA) is 207 Å². The summed E-state index contributed by atoms with van der Waals surface area (Å²) in [6, 6.07) is 13.4. The summed E-state index contributed by atoms with van der Waals surface area (Å²) in [5.74, 6) is 3.39. The number of aromatic nitrogens is 6. The van der Waals surface area contributed by atoms with Crippen molar-refractivity contribution in [3.63, 3.8) is 0 Å². The Morgan fingerprint density at radius 3 is 2.38 bits per heavy atom. The number of pyridine rings is 1. The van der Waals surface area contributed by atoms with Crippen molar-refractivity contribution >= 4 is 40.7 Å². The lowest BCUT2D eigenvalue weighted by Crippen LogP contribution is -2.40. The first-order chi connectivity index (χ1) is 33.9. The van der Waals surface area contributed by atoms with Crippen molar-refractivity contribution < 1.29 is 33.6 Å². The van der Waals surface area contributed by atoms with E-state index < -0.39 is 0 Å². The molecule has 6 heterocycles. The fraction of sp³-hybridized carbons (Fsp3) is 0.540. The van der Waals surface area contributed by atoms with Crippen LogP contribution in [0.5, 0.6) is 11.6 Å². The van der Waals surface area contributed by atoms with Crippen LogP contribution >= 0.6 is 11.6 Å². The highest BCUT2D eigenvalue weighted by Crippen LogP contribution is 2.30. The van der Waals surface area contributed by atoms with Crippen LogP contribution in [-0.2, 0) is 27.2 Å². The summed E-state index contributed by atoms with van der Waals surface area (Å²) in [5.41, 5.74) is 3.81. The summed E-state index contributed by atoms with van der Waals surface area (Å²) >= 11 is 6.15. The number of fused-ring (bicyclic) bond motifs is 1. The lowest BCUT2D eigenvalue weighted by atomic mass is 9.92. The highest BCUT2D eigenvalue weighted by molar-refractivity contribution is 6.31. The highest BCUT2D eigenvalue weighted by Gasteiger charge is 2.27. The molecule has 69 heavy (non-hydrogen) atoms. The molecule has 1 amide bonds. The third kappa shape index (κ3) is 13.7. The van der Waals surface area contributed by atoms with Crippen molar-refractivity contribution in [3.05, 3.63) is 88.5 Å². The predicted molar refractivity (Wildman–Crippen MR) is 261 cm³/mol. The average Bonchev–Trinajstić information content (AvgIpc) is 3.81. The van der Waals surface area contributed by atoms with E-state index in [-0.39, 0.29) is 36.8 Å². The molecule has 0 bridgehead atoms. The summed E-state index contributed by atoms with van der Waals surface area (Å²) in [6.07, 6.45) is 16.9. The Balaban J connectivity index is 0.651. The number of aryl methyl sites for hydroxylation is 1. The molecule has 3 N–H and O–H groups in total. The van der Waals surface area contributed by atoms with Crippen LogP contribution in [0.25, 0.3) is 5.65 Å². The number of amides is 1. The molecule has 1 aliphatic carbocycles. The highest BCUT2D eigenvalue weighted by atomic mass is 35.5. The number of carbonyl (C=O) groups is 1. The molecule has 19 heteroatoms. The normalized spacial score (nSPS) is 18.8. The van der Waals surface area contributed by atoms with Crippen LogP contribution in [0.2, 0.25) is 5.02 Å². The number of anilines is 3. The number of aliphatic hydroxyl groups is 1. The van der Waals surface area contributed by atoms with Gasteiger partial charge in [0.1, 0.15) is 30.1 Å². The molecule has 5 aromatic rings. The zero-order chi connectivity index (χ0) is 47.8. The van der Waals surface area contributed by atoms with Crippen molar-refractivity contribution in [1.82, 2.24) is 34.9 Å². The van der Waals surface area contributed by atoms with Gasteiger partial charge in [-0.1, -0.05) is 24.6 Å². The van der Waals surface area contributed by atoms with Crippen LogP contribution in [0, 0.1) is 11.3 Å². The van der Waals surface area contributed by atoms with Gasteiger partial charge in [0, 0.05) is 87.2 Å². The maximum absolute atomic E-state index is 13.0. The molecule has 0 unspecified atom stereocenters. The summed E-state index contributed by atoms with van der Waals surface area (Å²) in [4.78, 5) is 36.0. The van der Waals surface area contributed by atoms with Crippen LogP contribution in [0.1, 0.15) is 98.2 Å². The molecule has 4 aromatic heterocycles. The number of benzene rings is 1. The Kier molecular flexibility index (Phi) is 18.1. The van der Waals surface area contributed by atoms with Gasteiger partial charge < -0.3 is 49.2 Å². The zero-order valence-corrected chi connectivity index (χ0v) is 40.2. The van der Waals surface area contributed by atoms with Crippen molar-refractivity contribution in [2.75, 3.05) is 81.0 Å². The second-order valence-electron chi connectivity index (χ2n) is 17.7. The average molecular weight is 967 g/mol. The molecular formula is C50H64ClN11O7. The van der Waals surface area contributed by atoms with Gasteiger partial charge in [0.2, 0.25) is 11.8 Å². The number of carbonyl (C=O) groups excluding carboxylic acids is 1. The number of nitriles is 1. The fourth-order valence-corrected chi connectivity index (χ4v) is 9.35. The molecule has 1 aromatic carbocycles. The van der Waals surface area contributed by atoms with E-state index in [0.717, 1.165) is 112 Å². The van der Waals surface area contributed by atoms with E-state index in [1.807, 2.05) is 29.0 Å². The minimum Gasteiger partial charge on any atom is -0.490 e. The Hall–Kier alpha value is -5.84. The lowest BCUT2D eigenvalue weighted by molar-refractivity contribution is -0.0199. The third-order valence-corrected chi connectivity index (χ3v) is 13.3. The molecule has 2 saturated heterocycles. The fourth-order valence-electron chi connectivity index (χ4n) is 9.13. The maximum Gasteiger partial charge on any atom is 0.254 e.